The summed E-state index contributed by atoms with van der Waals surface area (Å²) in [7, 11) is 3.34. The lowest BCUT2D eigenvalue weighted by Crippen LogP contribution is -2.36. The number of fused-ring (bicyclic) bond motifs is 3. The Morgan fingerprint density at radius 3 is 2.78 bits per heavy atom. The monoisotopic (exact) mass is 431 g/mol. The molecule has 0 aliphatic carbocycles. The second kappa shape index (κ2) is 7.72. The standard InChI is InChI=1S/C22H26BrNO3/c1-4-13-7-8-18-16(10-13)21-15(6-5-9-27-21)20(24-18)14-11-17(23)22(26-3)19(12-14)25-2/h7-8,10-12,15,20-21,24H,4-6,9H2,1-3H3/t15-,20-,21-/m0/s1. The van der Waals surface area contributed by atoms with Gasteiger partial charge in [-0.15, -0.1) is 0 Å². The first-order chi connectivity index (χ1) is 13.2. The van der Waals surface area contributed by atoms with Crippen LogP contribution in [0.15, 0.2) is 34.8 Å². The molecule has 2 aliphatic rings. The van der Waals surface area contributed by atoms with Crippen LogP contribution in [0.4, 0.5) is 5.69 Å². The second-order valence-electron chi connectivity index (χ2n) is 7.23. The maximum Gasteiger partial charge on any atom is 0.174 e. The summed E-state index contributed by atoms with van der Waals surface area (Å²) in [4.78, 5) is 0. The number of hydrogen-bond donors (Lipinski definition) is 1. The van der Waals surface area contributed by atoms with E-state index in [4.69, 9.17) is 14.2 Å². The third-order valence-corrected chi connectivity index (χ3v) is 6.34. The lowest BCUT2D eigenvalue weighted by Gasteiger charge is -2.43. The summed E-state index contributed by atoms with van der Waals surface area (Å²) in [6, 6.07) is 11.1. The molecule has 2 aromatic carbocycles. The van der Waals surface area contributed by atoms with Gasteiger partial charge in [0.1, 0.15) is 0 Å². The van der Waals surface area contributed by atoms with Crippen molar-refractivity contribution >= 4 is 21.6 Å². The van der Waals surface area contributed by atoms with Crippen LogP contribution in [0.25, 0.3) is 0 Å². The highest BCUT2D eigenvalue weighted by Gasteiger charge is 2.40. The third kappa shape index (κ3) is 3.32. The number of anilines is 1. The van der Waals surface area contributed by atoms with E-state index in [9.17, 15) is 0 Å². The normalized spacial score (nSPS) is 23.8. The molecule has 1 saturated heterocycles. The van der Waals surface area contributed by atoms with Crippen molar-refractivity contribution in [3.63, 3.8) is 0 Å². The highest BCUT2D eigenvalue weighted by Crippen LogP contribution is 2.50. The topological polar surface area (TPSA) is 39.7 Å². The molecule has 3 atom stereocenters. The Labute approximate surface area is 169 Å². The van der Waals surface area contributed by atoms with Crippen molar-refractivity contribution in [3.05, 3.63) is 51.5 Å². The van der Waals surface area contributed by atoms with Crippen LogP contribution in [0, 0.1) is 5.92 Å². The summed E-state index contributed by atoms with van der Waals surface area (Å²) in [5, 5.41) is 3.78. The Bertz CT molecular complexity index is 839. The molecular weight excluding hydrogens is 406 g/mol. The van der Waals surface area contributed by atoms with Crippen LogP contribution in [0.3, 0.4) is 0 Å². The van der Waals surface area contributed by atoms with Crippen LogP contribution >= 0.6 is 15.9 Å². The minimum atomic E-state index is 0.137. The molecule has 2 heterocycles. The summed E-state index contributed by atoms with van der Waals surface area (Å²) in [5.74, 6) is 1.86. The van der Waals surface area contributed by atoms with Crippen LogP contribution in [0.2, 0.25) is 0 Å². The number of halogens is 1. The minimum absolute atomic E-state index is 0.137. The number of hydrogen-bond acceptors (Lipinski definition) is 4. The van der Waals surface area contributed by atoms with E-state index in [0.29, 0.717) is 5.92 Å². The molecule has 0 spiro atoms. The Morgan fingerprint density at radius 2 is 2.04 bits per heavy atom. The Hall–Kier alpha value is -1.72. The second-order valence-corrected chi connectivity index (χ2v) is 8.09. The molecule has 0 unspecified atom stereocenters. The van der Waals surface area contributed by atoms with Crippen molar-refractivity contribution in [2.75, 3.05) is 26.1 Å². The van der Waals surface area contributed by atoms with E-state index in [1.54, 1.807) is 14.2 Å². The van der Waals surface area contributed by atoms with Gasteiger partial charge in [-0.3, -0.25) is 0 Å². The van der Waals surface area contributed by atoms with Gasteiger partial charge in [-0.2, -0.15) is 0 Å². The van der Waals surface area contributed by atoms with Gasteiger partial charge in [-0.25, -0.2) is 0 Å². The summed E-state index contributed by atoms with van der Waals surface area (Å²) in [5.41, 5.74) is 5.02. The van der Waals surface area contributed by atoms with E-state index in [2.05, 4.69) is 58.5 Å². The van der Waals surface area contributed by atoms with E-state index in [1.807, 2.05) is 0 Å². The average Bonchev–Trinajstić information content (AvgIpc) is 2.72. The third-order valence-electron chi connectivity index (χ3n) is 5.75. The average molecular weight is 432 g/mol. The minimum Gasteiger partial charge on any atom is -0.493 e. The van der Waals surface area contributed by atoms with Gasteiger partial charge in [0, 0.05) is 23.8 Å². The zero-order chi connectivity index (χ0) is 19.0. The molecule has 0 aromatic heterocycles. The molecule has 0 amide bonds. The first-order valence-electron chi connectivity index (χ1n) is 9.58. The van der Waals surface area contributed by atoms with Gasteiger partial charge in [-0.1, -0.05) is 19.1 Å². The molecule has 144 valence electrons. The molecule has 5 heteroatoms. The van der Waals surface area contributed by atoms with Crippen molar-refractivity contribution in [1.29, 1.82) is 0 Å². The summed E-state index contributed by atoms with van der Waals surface area (Å²) < 4.78 is 18.2. The first-order valence-corrected chi connectivity index (χ1v) is 10.4. The molecule has 1 N–H and O–H groups in total. The zero-order valence-corrected chi connectivity index (χ0v) is 17.6. The maximum atomic E-state index is 6.28. The van der Waals surface area contributed by atoms with Crippen LogP contribution < -0.4 is 14.8 Å². The van der Waals surface area contributed by atoms with Gasteiger partial charge >= 0.3 is 0 Å². The summed E-state index contributed by atoms with van der Waals surface area (Å²) in [6.07, 6.45) is 3.41. The smallest absolute Gasteiger partial charge is 0.174 e. The summed E-state index contributed by atoms with van der Waals surface area (Å²) in [6.45, 7) is 3.03. The molecule has 0 bridgehead atoms. The van der Waals surface area contributed by atoms with Gasteiger partial charge in [0.25, 0.3) is 0 Å². The predicted octanol–water partition coefficient (Wildman–Crippen LogP) is 5.66. The highest BCUT2D eigenvalue weighted by atomic mass is 79.9. The molecule has 27 heavy (non-hydrogen) atoms. The lowest BCUT2D eigenvalue weighted by atomic mass is 9.77. The van der Waals surface area contributed by atoms with Gasteiger partial charge in [0.2, 0.25) is 0 Å². The molecule has 1 fully saturated rings. The molecule has 0 radical (unpaired) electrons. The van der Waals surface area contributed by atoms with Crippen LogP contribution in [0.1, 0.15) is 48.6 Å². The van der Waals surface area contributed by atoms with E-state index >= 15 is 0 Å². The fourth-order valence-electron chi connectivity index (χ4n) is 4.39. The van der Waals surface area contributed by atoms with E-state index in [1.165, 1.54) is 22.4 Å². The molecule has 2 aliphatic heterocycles. The fraction of sp³-hybridized carbons (Fsp3) is 0.455. The largest absolute Gasteiger partial charge is 0.493 e. The van der Waals surface area contributed by atoms with Gasteiger partial charge in [0.05, 0.1) is 30.8 Å². The van der Waals surface area contributed by atoms with Crippen LogP contribution in [-0.4, -0.2) is 20.8 Å². The zero-order valence-electron chi connectivity index (χ0n) is 16.0. The molecular formula is C22H26BrNO3. The molecule has 4 rings (SSSR count). The van der Waals surface area contributed by atoms with Gasteiger partial charge < -0.3 is 19.5 Å². The van der Waals surface area contributed by atoms with Crippen LogP contribution in [0.5, 0.6) is 11.5 Å². The number of rotatable bonds is 4. The van der Waals surface area contributed by atoms with Crippen molar-refractivity contribution in [2.45, 2.75) is 38.3 Å². The molecule has 4 nitrogen and oxygen atoms in total. The Kier molecular flexibility index (Phi) is 5.33. The number of ether oxygens (including phenoxy) is 3. The lowest BCUT2D eigenvalue weighted by molar-refractivity contribution is -0.0382. The van der Waals surface area contributed by atoms with Gasteiger partial charge in [0.15, 0.2) is 11.5 Å². The van der Waals surface area contributed by atoms with Crippen LogP contribution in [-0.2, 0) is 11.2 Å². The van der Waals surface area contributed by atoms with E-state index in [0.717, 1.165) is 41.8 Å². The first kappa shape index (κ1) is 18.6. The van der Waals surface area contributed by atoms with E-state index in [-0.39, 0.29) is 12.1 Å². The summed E-state index contributed by atoms with van der Waals surface area (Å²) >= 11 is 3.64. The van der Waals surface area contributed by atoms with E-state index < -0.39 is 0 Å². The quantitative estimate of drug-likeness (QED) is 0.677. The number of nitrogens with one attached hydrogen (secondary N) is 1. The number of benzene rings is 2. The molecule has 2 aromatic rings. The fourth-order valence-corrected chi connectivity index (χ4v) is 5.01. The highest BCUT2D eigenvalue weighted by molar-refractivity contribution is 9.10. The molecule has 0 saturated carbocycles. The van der Waals surface area contributed by atoms with Crippen molar-refractivity contribution in [2.24, 2.45) is 5.92 Å². The predicted molar refractivity (Wildman–Crippen MR) is 111 cm³/mol. The van der Waals surface area contributed by atoms with Crippen molar-refractivity contribution < 1.29 is 14.2 Å². The SMILES string of the molecule is CCc1ccc2c(c1)[C@H]1OCCC[C@H]1[C@H](c1cc(Br)c(OC)c(OC)c1)N2. The number of aryl methyl sites for hydroxylation is 1. The number of methoxy groups -OCH3 is 2. The maximum absolute atomic E-state index is 6.28. The Balaban J connectivity index is 1.78. The van der Waals surface area contributed by atoms with Crippen molar-refractivity contribution in [1.82, 2.24) is 0 Å². The van der Waals surface area contributed by atoms with Crippen molar-refractivity contribution in [3.8, 4) is 11.5 Å². The Morgan fingerprint density at radius 1 is 1.19 bits per heavy atom. The van der Waals surface area contributed by atoms with Gasteiger partial charge in [-0.05, 0) is 64.5 Å².